The Hall–Kier alpha value is -1.12. The summed E-state index contributed by atoms with van der Waals surface area (Å²) < 4.78 is 25.3. The Kier molecular flexibility index (Phi) is 9.31. The molecule has 0 aliphatic heterocycles. The van der Waals surface area contributed by atoms with Gasteiger partial charge in [0.05, 0.1) is 5.75 Å². The molecule has 1 aromatic rings. The van der Waals surface area contributed by atoms with E-state index in [1.807, 2.05) is 18.3 Å². The summed E-state index contributed by atoms with van der Waals surface area (Å²) in [4.78, 5) is 7.19. The lowest BCUT2D eigenvalue weighted by Gasteiger charge is -2.17. The number of guanidine groups is 1. The van der Waals surface area contributed by atoms with Crippen molar-refractivity contribution in [2.45, 2.75) is 46.6 Å². The quantitative estimate of drug-likeness (QED) is 0.332. The highest BCUT2D eigenvalue weighted by atomic mass is 32.2. The van der Waals surface area contributed by atoms with Crippen LogP contribution in [0.3, 0.4) is 0 Å². The Balaban J connectivity index is 2.41. The lowest BCUT2D eigenvalue weighted by Crippen LogP contribution is -2.43. The van der Waals surface area contributed by atoms with E-state index in [4.69, 9.17) is 0 Å². The van der Waals surface area contributed by atoms with Crippen molar-refractivity contribution in [1.29, 1.82) is 0 Å². The van der Waals surface area contributed by atoms with Gasteiger partial charge in [0, 0.05) is 41.9 Å². The molecule has 0 fully saturated rings. The lowest BCUT2D eigenvalue weighted by atomic mass is 10.2. The molecule has 0 bridgehead atoms. The lowest BCUT2D eigenvalue weighted by molar-refractivity contribution is 0.580. The van der Waals surface area contributed by atoms with Crippen LogP contribution < -0.4 is 15.4 Å². The average molecular weight is 375 g/mol. The Morgan fingerprint density at radius 2 is 2.08 bits per heavy atom. The van der Waals surface area contributed by atoms with Crippen molar-refractivity contribution >= 4 is 27.3 Å². The molecule has 8 heteroatoms. The van der Waals surface area contributed by atoms with Gasteiger partial charge in [-0.2, -0.15) is 0 Å². The van der Waals surface area contributed by atoms with Crippen molar-refractivity contribution in [3.63, 3.8) is 0 Å². The molecular weight excluding hydrogens is 344 g/mol. The first kappa shape index (κ1) is 20.9. The molecule has 3 N–H and O–H groups in total. The molecule has 1 rings (SSSR count). The fourth-order valence-corrected chi connectivity index (χ4v) is 3.78. The monoisotopic (exact) mass is 374 g/mol. The van der Waals surface area contributed by atoms with Crippen LogP contribution in [0.1, 0.15) is 36.9 Å². The molecule has 24 heavy (non-hydrogen) atoms. The van der Waals surface area contributed by atoms with E-state index in [9.17, 15) is 8.42 Å². The van der Waals surface area contributed by atoms with Crippen LogP contribution in [0.4, 0.5) is 0 Å². The van der Waals surface area contributed by atoms with Crippen LogP contribution in [-0.4, -0.2) is 45.8 Å². The summed E-state index contributed by atoms with van der Waals surface area (Å²) in [6.07, 6.45) is 1.63. The number of sulfonamides is 1. The molecule has 0 saturated heterocycles. The Labute approximate surface area is 150 Å². The van der Waals surface area contributed by atoms with Crippen LogP contribution in [0.5, 0.6) is 0 Å². The number of thiophene rings is 1. The van der Waals surface area contributed by atoms with E-state index in [2.05, 4.69) is 46.3 Å². The van der Waals surface area contributed by atoms with E-state index in [1.165, 1.54) is 9.75 Å². The highest BCUT2D eigenvalue weighted by Gasteiger charge is 2.08. The molecule has 0 aromatic carbocycles. The van der Waals surface area contributed by atoms with Gasteiger partial charge in [-0.25, -0.2) is 13.1 Å². The van der Waals surface area contributed by atoms with Crippen molar-refractivity contribution < 1.29 is 8.42 Å². The van der Waals surface area contributed by atoms with E-state index in [0.29, 0.717) is 19.5 Å². The number of hydrogen-bond acceptors (Lipinski definition) is 4. The standard InChI is InChI=1S/C16H30N4O2S2/c1-5-17-16(18-10-7-11-19-24(21,22)6-2)20-13(3)12-15-9-8-14(4)23-15/h8-9,13,19H,5-7,10-12H2,1-4H3,(H2,17,18,20). The predicted octanol–water partition coefficient (Wildman–Crippen LogP) is 1.87. The first-order chi connectivity index (χ1) is 11.4. The molecular formula is C16H30N4O2S2. The Morgan fingerprint density at radius 1 is 1.33 bits per heavy atom. The maximum absolute atomic E-state index is 11.3. The van der Waals surface area contributed by atoms with Crippen molar-refractivity contribution in [3.8, 4) is 0 Å². The number of rotatable bonds is 10. The SMILES string of the molecule is CCNC(=NCCCNS(=O)(=O)CC)NC(C)Cc1ccc(C)s1. The summed E-state index contributed by atoms with van der Waals surface area (Å²) in [5.74, 6) is 0.886. The van der Waals surface area contributed by atoms with Gasteiger partial charge in [-0.1, -0.05) is 0 Å². The normalized spacial score (nSPS) is 13.8. The molecule has 1 unspecified atom stereocenters. The van der Waals surface area contributed by atoms with Gasteiger partial charge >= 0.3 is 0 Å². The zero-order valence-electron chi connectivity index (χ0n) is 15.1. The fraction of sp³-hybridized carbons (Fsp3) is 0.688. The minimum absolute atomic E-state index is 0.111. The third kappa shape index (κ3) is 8.65. The predicted molar refractivity (Wildman–Crippen MR) is 103 cm³/mol. The van der Waals surface area contributed by atoms with Crippen LogP contribution in [0.25, 0.3) is 0 Å². The van der Waals surface area contributed by atoms with E-state index in [-0.39, 0.29) is 11.8 Å². The molecule has 1 aromatic heterocycles. The van der Waals surface area contributed by atoms with Gasteiger partial charge in [-0.3, -0.25) is 4.99 Å². The van der Waals surface area contributed by atoms with Gasteiger partial charge in [0.25, 0.3) is 0 Å². The highest BCUT2D eigenvalue weighted by Crippen LogP contribution is 2.16. The average Bonchev–Trinajstić information content (AvgIpc) is 2.91. The minimum Gasteiger partial charge on any atom is -0.357 e. The summed E-state index contributed by atoms with van der Waals surface area (Å²) >= 11 is 1.82. The Bertz CT molecular complexity index is 611. The van der Waals surface area contributed by atoms with Crippen molar-refractivity contribution in [1.82, 2.24) is 15.4 Å². The molecule has 0 amide bonds. The third-order valence-corrected chi connectivity index (χ3v) is 5.76. The summed E-state index contributed by atoms with van der Waals surface area (Å²) in [6.45, 7) is 9.69. The van der Waals surface area contributed by atoms with E-state index < -0.39 is 10.0 Å². The number of hydrogen-bond donors (Lipinski definition) is 3. The number of nitrogens with one attached hydrogen (secondary N) is 3. The maximum Gasteiger partial charge on any atom is 0.211 e. The molecule has 0 aliphatic rings. The molecule has 0 spiro atoms. The zero-order valence-corrected chi connectivity index (χ0v) is 16.7. The van der Waals surface area contributed by atoms with Crippen molar-refractivity contribution in [3.05, 3.63) is 21.9 Å². The van der Waals surface area contributed by atoms with Gasteiger partial charge in [0.1, 0.15) is 0 Å². The molecule has 0 saturated carbocycles. The van der Waals surface area contributed by atoms with Crippen LogP contribution in [0, 0.1) is 6.92 Å². The third-order valence-electron chi connectivity index (χ3n) is 3.34. The van der Waals surface area contributed by atoms with Crippen LogP contribution in [0.2, 0.25) is 0 Å². The topological polar surface area (TPSA) is 82.6 Å². The van der Waals surface area contributed by atoms with E-state index in [1.54, 1.807) is 6.92 Å². The van der Waals surface area contributed by atoms with Gasteiger partial charge in [-0.05, 0) is 46.2 Å². The largest absolute Gasteiger partial charge is 0.357 e. The second kappa shape index (κ2) is 10.7. The van der Waals surface area contributed by atoms with E-state index in [0.717, 1.165) is 18.9 Å². The van der Waals surface area contributed by atoms with Gasteiger partial charge in [0.2, 0.25) is 10.0 Å². The smallest absolute Gasteiger partial charge is 0.211 e. The highest BCUT2D eigenvalue weighted by molar-refractivity contribution is 7.89. The summed E-state index contributed by atoms with van der Waals surface area (Å²) in [7, 11) is -3.11. The Morgan fingerprint density at radius 3 is 2.67 bits per heavy atom. The number of nitrogens with zero attached hydrogens (tertiary/aromatic N) is 1. The van der Waals surface area contributed by atoms with E-state index >= 15 is 0 Å². The van der Waals surface area contributed by atoms with Gasteiger partial charge in [-0.15, -0.1) is 11.3 Å². The second-order valence-corrected chi connectivity index (χ2v) is 9.14. The van der Waals surface area contributed by atoms with Crippen molar-refractivity contribution in [2.75, 3.05) is 25.4 Å². The van der Waals surface area contributed by atoms with Gasteiger partial charge < -0.3 is 10.6 Å². The fourth-order valence-electron chi connectivity index (χ4n) is 2.10. The molecule has 1 atom stereocenters. The molecule has 0 radical (unpaired) electrons. The molecule has 6 nitrogen and oxygen atoms in total. The van der Waals surface area contributed by atoms with Crippen LogP contribution >= 0.6 is 11.3 Å². The zero-order chi connectivity index (χ0) is 18.0. The van der Waals surface area contributed by atoms with Gasteiger partial charge in [0.15, 0.2) is 5.96 Å². The van der Waals surface area contributed by atoms with Crippen LogP contribution in [-0.2, 0) is 16.4 Å². The first-order valence-corrected chi connectivity index (χ1v) is 10.9. The summed E-state index contributed by atoms with van der Waals surface area (Å²) in [6, 6.07) is 4.59. The maximum atomic E-state index is 11.3. The van der Waals surface area contributed by atoms with Crippen LogP contribution in [0.15, 0.2) is 17.1 Å². The number of aryl methyl sites for hydroxylation is 1. The molecule has 0 aliphatic carbocycles. The molecule has 138 valence electrons. The first-order valence-electron chi connectivity index (χ1n) is 8.43. The second-order valence-electron chi connectivity index (χ2n) is 5.67. The molecule has 1 heterocycles. The summed E-state index contributed by atoms with van der Waals surface area (Å²) in [5, 5.41) is 6.63. The minimum atomic E-state index is -3.11. The summed E-state index contributed by atoms with van der Waals surface area (Å²) in [5.41, 5.74) is 0. The van der Waals surface area contributed by atoms with Crippen molar-refractivity contribution in [2.24, 2.45) is 4.99 Å². The number of aliphatic imine (C=N–C) groups is 1.